The average molecular weight is 268 g/mol. The van der Waals surface area contributed by atoms with Crippen LogP contribution in [0.5, 0.6) is 5.75 Å². The molecule has 0 saturated carbocycles. The van der Waals surface area contributed by atoms with E-state index in [0.29, 0.717) is 10.8 Å². The molecule has 1 unspecified atom stereocenters. The van der Waals surface area contributed by atoms with Gasteiger partial charge in [-0.1, -0.05) is 29.8 Å². The van der Waals surface area contributed by atoms with E-state index in [2.05, 4.69) is 4.98 Å². The van der Waals surface area contributed by atoms with E-state index in [4.69, 9.17) is 16.3 Å². The molecular formula is C12H10ClNO2S. The highest BCUT2D eigenvalue weighted by Crippen LogP contribution is 2.41. The fraction of sp³-hybridized carbons (Fsp3) is 0.250. The monoisotopic (exact) mass is 267 g/mol. The molecule has 0 saturated heterocycles. The highest BCUT2D eigenvalue weighted by atomic mass is 35.5. The van der Waals surface area contributed by atoms with Gasteiger partial charge in [-0.2, -0.15) is 0 Å². The van der Waals surface area contributed by atoms with Gasteiger partial charge in [0, 0.05) is 12.0 Å². The molecule has 0 spiro atoms. The molecule has 1 N–H and O–H groups in total. The summed E-state index contributed by atoms with van der Waals surface area (Å²) in [5, 5.41) is 10.9. The molecule has 17 heavy (non-hydrogen) atoms. The summed E-state index contributed by atoms with van der Waals surface area (Å²) in [5.41, 5.74) is 0.839. The third-order valence-electron chi connectivity index (χ3n) is 2.76. The second kappa shape index (κ2) is 4.29. The van der Waals surface area contributed by atoms with Crippen LogP contribution in [0.1, 0.15) is 29.2 Å². The second-order valence-corrected chi connectivity index (χ2v) is 5.59. The van der Waals surface area contributed by atoms with Gasteiger partial charge in [-0.05, 0) is 6.07 Å². The van der Waals surface area contributed by atoms with Gasteiger partial charge >= 0.3 is 0 Å². The Morgan fingerprint density at radius 1 is 1.41 bits per heavy atom. The van der Waals surface area contributed by atoms with Crippen LogP contribution in [0.25, 0.3) is 0 Å². The standard InChI is InChI=1S/C12H10ClNO2S/c13-11-6-14-12(17-11)10-5-8(15)7-3-1-2-4-9(7)16-10/h1-4,6,8,10,15H,5H2/t8-,10?/m0/s1. The van der Waals surface area contributed by atoms with E-state index in [0.717, 1.165) is 16.3 Å². The zero-order valence-corrected chi connectivity index (χ0v) is 10.4. The van der Waals surface area contributed by atoms with Crippen LogP contribution in [-0.4, -0.2) is 10.1 Å². The molecule has 1 aromatic heterocycles. The van der Waals surface area contributed by atoms with Crippen LogP contribution in [0.15, 0.2) is 30.5 Å². The van der Waals surface area contributed by atoms with Gasteiger partial charge in [-0.3, -0.25) is 0 Å². The lowest BCUT2D eigenvalue weighted by Crippen LogP contribution is -2.18. The first-order valence-corrected chi connectivity index (χ1v) is 6.48. The van der Waals surface area contributed by atoms with Crippen LogP contribution >= 0.6 is 22.9 Å². The number of halogens is 1. The molecule has 0 radical (unpaired) electrons. The lowest BCUT2D eigenvalue weighted by molar-refractivity contribution is 0.0656. The Hall–Kier alpha value is -1.10. The normalized spacial score (nSPS) is 22.9. The number of fused-ring (bicyclic) bond motifs is 1. The number of nitrogens with zero attached hydrogens (tertiary/aromatic N) is 1. The Bertz CT molecular complexity index is 543. The molecule has 0 amide bonds. The van der Waals surface area contributed by atoms with Gasteiger partial charge in [0.15, 0.2) is 6.10 Å². The van der Waals surface area contributed by atoms with E-state index in [1.54, 1.807) is 6.20 Å². The molecule has 3 rings (SSSR count). The van der Waals surface area contributed by atoms with Crippen LogP contribution in [0.4, 0.5) is 0 Å². The van der Waals surface area contributed by atoms with Gasteiger partial charge in [-0.15, -0.1) is 11.3 Å². The molecule has 1 aromatic carbocycles. The Balaban J connectivity index is 1.93. The van der Waals surface area contributed by atoms with Crippen LogP contribution < -0.4 is 4.74 Å². The third-order valence-corrected chi connectivity index (χ3v) is 3.96. The molecule has 2 heterocycles. The molecular weight excluding hydrogens is 258 g/mol. The summed E-state index contributed by atoms with van der Waals surface area (Å²) in [6, 6.07) is 7.53. The van der Waals surface area contributed by atoms with E-state index >= 15 is 0 Å². The van der Waals surface area contributed by atoms with E-state index in [1.807, 2.05) is 24.3 Å². The molecule has 2 atom stereocenters. The van der Waals surface area contributed by atoms with Gasteiger partial charge in [0.2, 0.25) is 0 Å². The summed E-state index contributed by atoms with van der Waals surface area (Å²) in [5.74, 6) is 0.725. The van der Waals surface area contributed by atoms with Crippen molar-refractivity contribution in [2.45, 2.75) is 18.6 Å². The highest BCUT2D eigenvalue weighted by molar-refractivity contribution is 7.15. The number of rotatable bonds is 1. The Labute approximate surface area is 108 Å². The predicted molar refractivity (Wildman–Crippen MR) is 66.5 cm³/mol. The minimum absolute atomic E-state index is 0.211. The predicted octanol–water partition coefficient (Wildman–Crippen LogP) is 3.35. The lowest BCUT2D eigenvalue weighted by Gasteiger charge is -2.28. The number of ether oxygens (including phenoxy) is 1. The molecule has 88 valence electrons. The molecule has 0 aliphatic carbocycles. The summed E-state index contributed by atoms with van der Waals surface area (Å²) in [7, 11) is 0. The van der Waals surface area contributed by atoms with Crippen molar-refractivity contribution in [3.05, 3.63) is 45.4 Å². The zero-order valence-electron chi connectivity index (χ0n) is 8.84. The van der Waals surface area contributed by atoms with Crippen LogP contribution in [-0.2, 0) is 0 Å². The minimum atomic E-state index is -0.507. The maximum absolute atomic E-state index is 10.1. The van der Waals surface area contributed by atoms with Crippen LogP contribution in [0.2, 0.25) is 4.34 Å². The number of hydrogen-bond acceptors (Lipinski definition) is 4. The number of para-hydroxylation sites is 1. The number of aliphatic hydroxyl groups excluding tert-OH is 1. The Morgan fingerprint density at radius 3 is 3.00 bits per heavy atom. The van der Waals surface area contributed by atoms with Crippen LogP contribution in [0.3, 0.4) is 0 Å². The SMILES string of the molecule is O[C@H]1CC(c2ncc(Cl)s2)Oc2ccccc21. The van der Waals surface area contributed by atoms with E-state index in [1.165, 1.54) is 11.3 Å². The first-order valence-electron chi connectivity index (χ1n) is 5.29. The van der Waals surface area contributed by atoms with E-state index in [-0.39, 0.29) is 6.10 Å². The largest absolute Gasteiger partial charge is 0.483 e. The first-order chi connectivity index (χ1) is 8.24. The number of benzene rings is 1. The zero-order chi connectivity index (χ0) is 11.8. The quantitative estimate of drug-likeness (QED) is 0.862. The third kappa shape index (κ3) is 2.04. The Kier molecular flexibility index (Phi) is 2.78. The Morgan fingerprint density at radius 2 is 2.24 bits per heavy atom. The molecule has 1 aliphatic rings. The molecule has 1 aliphatic heterocycles. The average Bonchev–Trinajstić information content (AvgIpc) is 2.76. The first kappa shape index (κ1) is 11.0. The van der Waals surface area contributed by atoms with Crippen molar-refractivity contribution in [3.8, 4) is 5.75 Å². The molecule has 0 fully saturated rings. The summed E-state index contributed by atoms with van der Waals surface area (Å²) < 4.78 is 6.47. The van der Waals surface area contributed by atoms with Gasteiger partial charge in [-0.25, -0.2) is 4.98 Å². The van der Waals surface area contributed by atoms with Gasteiger partial charge in [0.25, 0.3) is 0 Å². The number of hydrogen-bond donors (Lipinski definition) is 1. The second-order valence-electron chi connectivity index (χ2n) is 3.90. The van der Waals surface area contributed by atoms with E-state index < -0.39 is 6.10 Å². The number of thiazole rings is 1. The number of aliphatic hydroxyl groups is 1. The van der Waals surface area contributed by atoms with Crippen molar-refractivity contribution < 1.29 is 9.84 Å². The topological polar surface area (TPSA) is 42.4 Å². The van der Waals surface area contributed by atoms with Gasteiger partial charge in [0.1, 0.15) is 15.1 Å². The lowest BCUT2D eigenvalue weighted by atomic mass is 9.99. The summed E-state index contributed by atoms with van der Waals surface area (Å²) in [6.07, 6.45) is 1.41. The number of aromatic nitrogens is 1. The van der Waals surface area contributed by atoms with Crippen molar-refractivity contribution >= 4 is 22.9 Å². The summed E-state index contributed by atoms with van der Waals surface area (Å²) in [6.45, 7) is 0. The molecule has 2 aromatic rings. The molecule has 5 heteroatoms. The van der Waals surface area contributed by atoms with Crippen molar-refractivity contribution in [1.82, 2.24) is 4.98 Å². The molecule has 3 nitrogen and oxygen atoms in total. The van der Waals surface area contributed by atoms with Gasteiger partial charge in [0.05, 0.1) is 12.3 Å². The van der Waals surface area contributed by atoms with Crippen molar-refractivity contribution in [1.29, 1.82) is 0 Å². The molecule has 0 bridgehead atoms. The highest BCUT2D eigenvalue weighted by Gasteiger charge is 2.29. The van der Waals surface area contributed by atoms with Crippen molar-refractivity contribution in [2.24, 2.45) is 0 Å². The maximum Gasteiger partial charge on any atom is 0.153 e. The fourth-order valence-corrected chi connectivity index (χ4v) is 2.93. The smallest absolute Gasteiger partial charge is 0.153 e. The minimum Gasteiger partial charge on any atom is -0.483 e. The summed E-state index contributed by atoms with van der Waals surface area (Å²) >= 11 is 7.24. The van der Waals surface area contributed by atoms with Gasteiger partial charge < -0.3 is 9.84 Å². The van der Waals surface area contributed by atoms with Crippen molar-refractivity contribution in [2.75, 3.05) is 0 Å². The van der Waals surface area contributed by atoms with E-state index in [9.17, 15) is 5.11 Å². The van der Waals surface area contributed by atoms with Crippen molar-refractivity contribution in [3.63, 3.8) is 0 Å². The maximum atomic E-state index is 10.1. The fourth-order valence-electron chi connectivity index (χ4n) is 1.96. The van der Waals surface area contributed by atoms with Crippen LogP contribution in [0, 0.1) is 0 Å². The summed E-state index contributed by atoms with van der Waals surface area (Å²) in [4.78, 5) is 4.20.